The van der Waals surface area contributed by atoms with Gasteiger partial charge in [-0.2, -0.15) is 0 Å². The fourth-order valence-electron chi connectivity index (χ4n) is 1.12. The summed E-state index contributed by atoms with van der Waals surface area (Å²) in [6.07, 6.45) is 2.09. The van der Waals surface area contributed by atoms with Crippen molar-refractivity contribution in [2.24, 2.45) is 0 Å². The molecule has 0 aliphatic heterocycles. The van der Waals surface area contributed by atoms with Gasteiger partial charge in [0.25, 0.3) is 0 Å². The van der Waals surface area contributed by atoms with Crippen LogP contribution >= 0.6 is 0 Å². The summed E-state index contributed by atoms with van der Waals surface area (Å²) < 4.78 is 0. The molecular formula is C11H18N2O. The van der Waals surface area contributed by atoms with Gasteiger partial charge < -0.3 is 5.11 Å². The maximum atomic E-state index is 9.76. The maximum Gasteiger partial charge on any atom is 0.132 e. The first-order valence-corrected chi connectivity index (χ1v) is 5.00. The first-order valence-electron chi connectivity index (χ1n) is 5.00. The van der Waals surface area contributed by atoms with Crippen molar-refractivity contribution in [3.8, 4) is 0 Å². The molecule has 0 amide bonds. The fourth-order valence-corrected chi connectivity index (χ4v) is 1.12. The van der Waals surface area contributed by atoms with Crippen LogP contribution in [0.5, 0.6) is 0 Å². The van der Waals surface area contributed by atoms with E-state index in [2.05, 4.69) is 17.2 Å². The standard InChI is InChI=1S/C11H18N2O/c1-4-8(2)13-11(14)10-6-5-9(3)12-7-10/h5-8,11,13-14H,4H2,1-3H3/t8-,11?/m1/s1. The van der Waals surface area contributed by atoms with Gasteiger partial charge in [-0.25, -0.2) is 0 Å². The molecule has 0 radical (unpaired) electrons. The summed E-state index contributed by atoms with van der Waals surface area (Å²) in [5.74, 6) is 0. The van der Waals surface area contributed by atoms with E-state index >= 15 is 0 Å². The van der Waals surface area contributed by atoms with Gasteiger partial charge in [0, 0.05) is 23.5 Å². The summed E-state index contributed by atoms with van der Waals surface area (Å²) in [4.78, 5) is 4.13. The van der Waals surface area contributed by atoms with E-state index in [0.717, 1.165) is 17.7 Å². The molecule has 1 heterocycles. The molecule has 0 saturated heterocycles. The fraction of sp³-hybridized carbons (Fsp3) is 0.545. The molecule has 0 bridgehead atoms. The zero-order chi connectivity index (χ0) is 10.6. The Morgan fingerprint density at radius 3 is 2.71 bits per heavy atom. The van der Waals surface area contributed by atoms with Crippen molar-refractivity contribution in [2.75, 3.05) is 0 Å². The number of aliphatic hydroxyl groups excluding tert-OH is 1. The molecule has 0 saturated carbocycles. The highest BCUT2D eigenvalue weighted by Gasteiger charge is 2.09. The minimum absolute atomic E-state index is 0.311. The summed E-state index contributed by atoms with van der Waals surface area (Å²) in [7, 11) is 0. The first-order chi connectivity index (χ1) is 6.63. The van der Waals surface area contributed by atoms with Crippen LogP contribution in [0, 0.1) is 6.92 Å². The summed E-state index contributed by atoms with van der Waals surface area (Å²) >= 11 is 0. The Kier molecular flexibility index (Phi) is 4.04. The van der Waals surface area contributed by atoms with E-state index in [1.807, 2.05) is 26.0 Å². The lowest BCUT2D eigenvalue weighted by atomic mass is 10.2. The summed E-state index contributed by atoms with van der Waals surface area (Å²) in [5.41, 5.74) is 1.78. The molecule has 1 aromatic heterocycles. The molecule has 0 fully saturated rings. The van der Waals surface area contributed by atoms with Crippen molar-refractivity contribution >= 4 is 0 Å². The van der Waals surface area contributed by atoms with Gasteiger partial charge in [0.05, 0.1) is 0 Å². The molecule has 2 N–H and O–H groups in total. The summed E-state index contributed by atoms with van der Waals surface area (Å²) in [5, 5.41) is 12.8. The third kappa shape index (κ3) is 3.09. The van der Waals surface area contributed by atoms with Crippen molar-refractivity contribution in [1.29, 1.82) is 0 Å². The average Bonchev–Trinajstić information content (AvgIpc) is 2.18. The maximum absolute atomic E-state index is 9.76. The van der Waals surface area contributed by atoms with Crippen LogP contribution < -0.4 is 5.32 Å². The zero-order valence-corrected chi connectivity index (χ0v) is 8.99. The van der Waals surface area contributed by atoms with E-state index in [4.69, 9.17) is 0 Å². The Morgan fingerprint density at radius 1 is 1.50 bits per heavy atom. The van der Waals surface area contributed by atoms with Crippen LogP contribution in [0.3, 0.4) is 0 Å². The van der Waals surface area contributed by atoms with E-state index in [1.165, 1.54) is 0 Å². The van der Waals surface area contributed by atoms with E-state index in [1.54, 1.807) is 6.20 Å². The number of nitrogens with zero attached hydrogens (tertiary/aromatic N) is 1. The molecule has 0 aromatic carbocycles. The third-order valence-corrected chi connectivity index (χ3v) is 2.30. The number of hydrogen-bond donors (Lipinski definition) is 2. The Labute approximate surface area is 85.2 Å². The van der Waals surface area contributed by atoms with Gasteiger partial charge in [-0.05, 0) is 26.3 Å². The van der Waals surface area contributed by atoms with Crippen molar-refractivity contribution in [1.82, 2.24) is 10.3 Å². The van der Waals surface area contributed by atoms with Gasteiger partial charge in [0.15, 0.2) is 0 Å². The topological polar surface area (TPSA) is 45.1 Å². The van der Waals surface area contributed by atoms with Crippen LogP contribution in [-0.4, -0.2) is 16.1 Å². The molecule has 0 aliphatic carbocycles. The lowest BCUT2D eigenvalue weighted by Crippen LogP contribution is -2.29. The molecule has 1 unspecified atom stereocenters. The number of aryl methyl sites for hydroxylation is 1. The van der Waals surface area contributed by atoms with Crippen LogP contribution in [0.15, 0.2) is 18.3 Å². The number of pyridine rings is 1. The average molecular weight is 194 g/mol. The second-order valence-electron chi connectivity index (χ2n) is 3.61. The van der Waals surface area contributed by atoms with Crippen LogP contribution in [0.25, 0.3) is 0 Å². The molecule has 78 valence electrons. The number of aliphatic hydroxyl groups is 1. The molecule has 3 nitrogen and oxygen atoms in total. The number of nitrogens with one attached hydrogen (secondary N) is 1. The van der Waals surface area contributed by atoms with Crippen LogP contribution in [0.1, 0.15) is 37.8 Å². The van der Waals surface area contributed by atoms with Gasteiger partial charge >= 0.3 is 0 Å². The van der Waals surface area contributed by atoms with Gasteiger partial charge in [-0.3, -0.25) is 10.3 Å². The Morgan fingerprint density at radius 2 is 2.21 bits per heavy atom. The highest BCUT2D eigenvalue weighted by Crippen LogP contribution is 2.10. The molecular weight excluding hydrogens is 176 g/mol. The van der Waals surface area contributed by atoms with Crippen molar-refractivity contribution in [2.45, 2.75) is 39.5 Å². The summed E-state index contributed by atoms with van der Waals surface area (Å²) in [6.45, 7) is 6.06. The van der Waals surface area contributed by atoms with E-state index < -0.39 is 6.23 Å². The highest BCUT2D eigenvalue weighted by atomic mass is 16.3. The van der Waals surface area contributed by atoms with Gasteiger partial charge in [-0.1, -0.05) is 13.0 Å². The largest absolute Gasteiger partial charge is 0.374 e. The molecule has 0 aliphatic rings. The molecule has 3 heteroatoms. The normalized spacial score (nSPS) is 15.1. The van der Waals surface area contributed by atoms with Gasteiger partial charge in [0.1, 0.15) is 6.23 Å². The third-order valence-electron chi connectivity index (χ3n) is 2.30. The van der Waals surface area contributed by atoms with E-state index in [-0.39, 0.29) is 0 Å². The Balaban J connectivity index is 2.60. The smallest absolute Gasteiger partial charge is 0.132 e. The molecule has 14 heavy (non-hydrogen) atoms. The minimum Gasteiger partial charge on any atom is -0.374 e. The van der Waals surface area contributed by atoms with Crippen molar-refractivity contribution in [3.63, 3.8) is 0 Å². The van der Waals surface area contributed by atoms with Crippen LogP contribution in [0.2, 0.25) is 0 Å². The Bertz CT molecular complexity index is 271. The van der Waals surface area contributed by atoms with Gasteiger partial charge in [0.2, 0.25) is 0 Å². The van der Waals surface area contributed by atoms with Gasteiger partial charge in [-0.15, -0.1) is 0 Å². The number of rotatable bonds is 4. The molecule has 1 aromatic rings. The predicted molar refractivity (Wildman–Crippen MR) is 56.8 cm³/mol. The number of aromatic nitrogens is 1. The molecule has 2 atom stereocenters. The van der Waals surface area contributed by atoms with Crippen LogP contribution in [0.4, 0.5) is 0 Å². The van der Waals surface area contributed by atoms with E-state index in [9.17, 15) is 5.11 Å². The van der Waals surface area contributed by atoms with E-state index in [0.29, 0.717) is 6.04 Å². The Hall–Kier alpha value is -0.930. The predicted octanol–water partition coefficient (Wildman–Crippen LogP) is 1.77. The second-order valence-corrected chi connectivity index (χ2v) is 3.61. The summed E-state index contributed by atoms with van der Waals surface area (Å²) in [6, 6.07) is 4.10. The quantitative estimate of drug-likeness (QED) is 0.718. The van der Waals surface area contributed by atoms with Crippen LogP contribution in [-0.2, 0) is 0 Å². The highest BCUT2D eigenvalue weighted by molar-refractivity contribution is 5.15. The van der Waals surface area contributed by atoms with Crippen molar-refractivity contribution < 1.29 is 5.11 Å². The lowest BCUT2D eigenvalue weighted by molar-refractivity contribution is 0.125. The molecule has 0 spiro atoms. The number of hydrogen-bond acceptors (Lipinski definition) is 3. The first kappa shape index (κ1) is 11.1. The monoisotopic (exact) mass is 194 g/mol. The zero-order valence-electron chi connectivity index (χ0n) is 8.99. The SMILES string of the molecule is CC[C@@H](C)NC(O)c1ccc(C)nc1. The second kappa shape index (κ2) is 5.08. The molecule has 1 rings (SSSR count). The lowest BCUT2D eigenvalue weighted by Gasteiger charge is -2.17. The van der Waals surface area contributed by atoms with Crippen molar-refractivity contribution in [3.05, 3.63) is 29.6 Å². The minimum atomic E-state index is -0.613.